The van der Waals surface area contributed by atoms with Crippen LogP contribution in [0, 0.1) is 5.82 Å². The molecule has 2 unspecified atom stereocenters. The van der Waals surface area contributed by atoms with Gasteiger partial charge in [0.2, 0.25) is 5.91 Å². The van der Waals surface area contributed by atoms with Crippen LogP contribution in [0.2, 0.25) is 0 Å². The topological polar surface area (TPSA) is 62.2 Å². The van der Waals surface area contributed by atoms with Crippen molar-refractivity contribution in [2.45, 2.75) is 18.5 Å². The molecule has 2 aromatic heterocycles. The lowest BCUT2D eigenvalue weighted by atomic mass is 10.0. The maximum atomic E-state index is 13.6. The molecule has 6 nitrogen and oxygen atoms in total. The second-order valence-corrected chi connectivity index (χ2v) is 8.65. The number of para-hydroxylation sites is 1. The van der Waals surface area contributed by atoms with Crippen molar-refractivity contribution in [1.82, 2.24) is 19.8 Å². The third-order valence-corrected chi connectivity index (χ3v) is 6.38. The van der Waals surface area contributed by atoms with Gasteiger partial charge in [-0.2, -0.15) is 0 Å². The molecule has 1 aliphatic rings. The number of thiocarbonyl (C=S) groups is 1. The number of pyridine rings is 1. The zero-order chi connectivity index (χ0) is 24.2. The predicted octanol–water partition coefficient (Wildman–Crippen LogP) is 5.01. The lowest BCUT2D eigenvalue weighted by molar-refractivity contribution is -0.116. The van der Waals surface area contributed by atoms with E-state index < -0.39 is 0 Å². The van der Waals surface area contributed by atoms with Crippen molar-refractivity contribution in [3.8, 4) is 5.69 Å². The fourth-order valence-corrected chi connectivity index (χ4v) is 4.74. The van der Waals surface area contributed by atoms with Gasteiger partial charge in [-0.15, -0.1) is 0 Å². The van der Waals surface area contributed by atoms with Gasteiger partial charge < -0.3 is 20.1 Å². The number of amides is 1. The van der Waals surface area contributed by atoms with Crippen molar-refractivity contribution in [1.29, 1.82) is 0 Å². The van der Waals surface area contributed by atoms with Gasteiger partial charge in [0.25, 0.3) is 0 Å². The van der Waals surface area contributed by atoms with E-state index >= 15 is 0 Å². The summed E-state index contributed by atoms with van der Waals surface area (Å²) in [5.41, 5.74) is 3.41. The third kappa shape index (κ3) is 4.93. The highest BCUT2D eigenvalue weighted by Crippen LogP contribution is 2.39. The summed E-state index contributed by atoms with van der Waals surface area (Å²) in [4.78, 5) is 19.3. The second-order valence-electron chi connectivity index (χ2n) is 8.26. The smallest absolute Gasteiger partial charge is 0.226 e. The summed E-state index contributed by atoms with van der Waals surface area (Å²) in [6.07, 6.45) is 3.96. The molecule has 1 aliphatic heterocycles. The van der Waals surface area contributed by atoms with E-state index in [9.17, 15) is 9.18 Å². The summed E-state index contributed by atoms with van der Waals surface area (Å²) in [6, 6.07) is 25.1. The van der Waals surface area contributed by atoms with Crippen LogP contribution in [0.3, 0.4) is 0 Å². The molecule has 0 aliphatic carbocycles. The van der Waals surface area contributed by atoms with Gasteiger partial charge in [-0.1, -0.05) is 24.3 Å². The Bertz CT molecular complexity index is 1310. The Balaban J connectivity index is 1.45. The number of halogens is 1. The monoisotopic (exact) mass is 485 g/mol. The molecular formula is C27H24FN5OS. The number of hydrogen-bond acceptors (Lipinski definition) is 3. The molecule has 0 bridgehead atoms. The van der Waals surface area contributed by atoms with Gasteiger partial charge in [-0.05, 0) is 72.9 Å². The van der Waals surface area contributed by atoms with Gasteiger partial charge in [0.05, 0.1) is 17.8 Å². The van der Waals surface area contributed by atoms with Gasteiger partial charge in [0.15, 0.2) is 5.11 Å². The second kappa shape index (κ2) is 10.1. The minimum atomic E-state index is -0.288. The minimum absolute atomic E-state index is 0.0899. The SMILES string of the molecule is O=C(CCN1C(=S)NC(c2ccccn2)C1c1cccn1-c1ccc(F)cc1)Nc1ccccc1. The third-order valence-electron chi connectivity index (χ3n) is 6.02. The molecule has 0 saturated carbocycles. The lowest BCUT2D eigenvalue weighted by Crippen LogP contribution is -2.33. The first kappa shape index (κ1) is 22.7. The first-order valence-corrected chi connectivity index (χ1v) is 11.8. The number of rotatable bonds is 7. The molecule has 1 saturated heterocycles. The number of nitrogens with one attached hydrogen (secondary N) is 2. The first-order chi connectivity index (χ1) is 17.1. The maximum absolute atomic E-state index is 13.6. The summed E-state index contributed by atoms with van der Waals surface area (Å²) in [6.45, 7) is 0.424. The van der Waals surface area contributed by atoms with Crippen molar-refractivity contribution in [3.05, 3.63) is 115 Å². The molecular weight excluding hydrogens is 461 g/mol. The highest BCUT2D eigenvalue weighted by Gasteiger charge is 2.41. The predicted molar refractivity (Wildman–Crippen MR) is 138 cm³/mol. The molecule has 2 N–H and O–H groups in total. The van der Waals surface area contributed by atoms with Gasteiger partial charge in [-0.3, -0.25) is 9.78 Å². The highest BCUT2D eigenvalue weighted by molar-refractivity contribution is 7.80. The van der Waals surface area contributed by atoms with E-state index in [2.05, 4.69) is 15.6 Å². The van der Waals surface area contributed by atoms with Crippen LogP contribution in [-0.2, 0) is 4.79 Å². The Kier molecular flexibility index (Phi) is 6.54. The van der Waals surface area contributed by atoms with Crippen LogP contribution in [0.4, 0.5) is 10.1 Å². The molecule has 1 fully saturated rings. The van der Waals surface area contributed by atoms with Gasteiger partial charge >= 0.3 is 0 Å². The van der Waals surface area contributed by atoms with Crippen molar-refractivity contribution in [2.75, 3.05) is 11.9 Å². The van der Waals surface area contributed by atoms with Crippen molar-refractivity contribution >= 4 is 28.9 Å². The van der Waals surface area contributed by atoms with Crippen molar-refractivity contribution in [3.63, 3.8) is 0 Å². The summed E-state index contributed by atoms with van der Waals surface area (Å²) < 4.78 is 15.6. The number of nitrogens with zero attached hydrogens (tertiary/aromatic N) is 3. The standard InChI is InChI=1S/C27H24FN5OS/c28-19-11-13-21(14-12-19)32-17-6-10-23(32)26-25(22-9-4-5-16-29-22)31-27(35)33(26)18-15-24(34)30-20-7-2-1-3-8-20/h1-14,16-17,25-26H,15,18H2,(H,30,34)(H,31,35). The molecule has 2 aromatic carbocycles. The average Bonchev–Trinajstić information content (AvgIpc) is 3.48. The first-order valence-electron chi connectivity index (χ1n) is 11.4. The van der Waals surface area contributed by atoms with E-state index in [-0.39, 0.29) is 30.2 Å². The van der Waals surface area contributed by atoms with Crippen LogP contribution < -0.4 is 10.6 Å². The molecule has 1 amide bonds. The van der Waals surface area contributed by atoms with Crippen LogP contribution in [0.5, 0.6) is 0 Å². The van der Waals surface area contributed by atoms with E-state index in [0.29, 0.717) is 11.7 Å². The van der Waals surface area contributed by atoms with Crippen LogP contribution in [-0.4, -0.2) is 32.0 Å². The van der Waals surface area contributed by atoms with Crippen molar-refractivity contribution < 1.29 is 9.18 Å². The average molecular weight is 486 g/mol. The molecule has 176 valence electrons. The Morgan fingerprint density at radius 3 is 2.51 bits per heavy atom. The molecule has 0 spiro atoms. The Hall–Kier alpha value is -4.04. The summed E-state index contributed by atoms with van der Waals surface area (Å²) in [5, 5.41) is 6.90. The largest absolute Gasteiger partial charge is 0.352 e. The van der Waals surface area contributed by atoms with Crippen LogP contribution in [0.15, 0.2) is 97.3 Å². The summed E-state index contributed by atoms with van der Waals surface area (Å²) in [7, 11) is 0. The quantitative estimate of drug-likeness (QED) is 0.360. The minimum Gasteiger partial charge on any atom is -0.352 e. The number of aromatic nitrogens is 2. The molecule has 3 heterocycles. The lowest BCUT2D eigenvalue weighted by Gasteiger charge is -2.28. The summed E-state index contributed by atoms with van der Waals surface area (Å²) in [5.74, 6) is -0.378. The zero-order valence-electron chi connectivity index (χ0n) is 18.8. The molecule has 4 aromatic rings. The zero-order valence-corrected chi connectivity index (χ0v) is 19.7. The summed E-state index contributed by atoms with van der Waals surface area (Å²) >= 11 is 5.72. The fraction of sp³-hybridized carbons (Fsp3) is 0.148. The van der Waals surface area contributed by atoms with E-state index in [4.69, 9.17) is 12.2 Å². The Labute approximate surface area is 208 Å². The normalized spacial score (nSPS) is 17.3. The van der Waals surface area contributed by atoms with E-state index in [1.807, 2.05) is 76.3 Å². The fourth-order valence-electron chi connectivity index (χ4n) is 4.41. The number of carbonyl (C=O) groups excluding carboxylic acids is 1. The Morgan fingerprint density at radius 2 is 1.77 bits per heavy atom. The van der Waals surface area contributed by atoms with E-state index in [1.165, 1.54) is 12.1 Å². The molecule has 8 heteroatoms. The van der Waals surface area contributed by atoms with Crippen LogP contribution in [0.25, 0.3) is 5.69 Å². The van der Waals surface area contributed by atoms with Gasteiger partial charge in [0, 0.05) is 42.4 Å². The number of benzene rings is 2. The van der Waals surface area contributed by atoms with Crippen LogP contribution >= 0.6 is 12.2 Å². The maximum Gasteiger partial charge on any atom is 0.226 e. The molecule has 2 atom stereocenters. The van der Waals surface area contributed by atoms with Gasteiger partial charge in [-0.25, -0.2) is 4.39 Å². The number of anilines is 1. The number of carbonyl (C=O) groups is 1. The number of hydrogen-bond donors (Lipinski definition) is 2. The highest BCUT2D eigenvalue weighted by atomic mass is 32.1. The van der Waals surface area contributed by atoms with Gasteiger partial charge in [0.1, 0.15) is 5.82 Å². The van der Waals surface area contributed by atoms with E-state index in [0.717, 1.165) is 22.8 Å². The molecule has 35 heavy (non-hydrogen) atoms. The molecule has 0 radical (unpaired) electrons. The molecule has 5 rings (SSSR count). The van der Waals surface area contributed by atoms with E-state index in [1.54, 1.807) is 18.3 Å². The van der Waals surface area contributed by atoms with Crippen molar-refractivity contribution in [2.24, 2.45) is 0 Å². The van der Waals surface area contributed by atoms with Crippen LogP contribution in [0.1, 0.15) is 29.9 Å². The Morgan fingerprint density at radius 1 is 1.00 bits per heavy atom.